The Morgan fingerprint density at radius 2 is 0.871 bits per heavy atom. The number of amides is 3. The number of nitrogens with one attached hydrogen (secondary N) is 3. The van der Waals surface area contributed by atoms with Crippen molar-refractivity contribution in [1.82, 2.24) is 20.9 Å². The van der Waals surface area contributed by atoms with E-state index in [-0.39, 0.29) is 37.0 Å². The molecule has 3 atom stereocenters. The van der Waals surface area contributed by atoms with Gasteiger partial charge in [0.15, 0.2) is 0 Å². The van der Waals surface area contributed by atoms with Crippen molar-refractivity contribution in [2.75, 3.05) is 39.3 Å². The van der Waals surface area contributed by atoms with Gasteiger partial charge in [0.2, 0.25) is 17.7 Å². The van der Waals surface area contributed by atoms with Crippen molar-refractivity contribution in [1.29, 1.82) is 0 Å². The number of carbonyl (C=O) groups is 3. The number of aliphatic hydroxyl groups excluding tert-OH is 3. The zero-order chi connectivity index (χ0) is 23.6. The van der Waals surface area contributed by atoms with Crippen molar-refractivity contribution >= 4 is 17.7 Å². The first kappa shape index (κ1) is 29.2. The lowest BCUT2D eigenvalue weighted by molar-refractivity contribution is -0.123. The van der Waals surface area contributed by atoms with Gasteiger partial charge in [-0.25, -0.2) is 0 Å². The molecule has 0 bridgehead atoms. The van der Waals surface area contributed by atoms with Crippen molar-refractivity contribution in [2.24, 2.45) is 0 Å². The molecule has 0 heterocycles. The largest absolute Gasteiger partial charge is 0.393 e. The van der Waals surface area contributed by atoms with E-state index < -0.39 is 18.3 Å². The van der Waals surface area contributed by atoms with Crippen LogP contribution >= 0.6 is 0 Å². The molecule has 3 amide bonds. The summed E-state index contributed by atoms with van der Waals surface area (Å²) >= 11 is 0. The third-order valence-electron chi connectivity index (χ3n) is 4.93. The van der Waals surface area contributed by atoms with Gasteiger partial charge in [-0.2, -0.15) is 0 Å². The van der Waals surface area contributed by atoms with Gasteiger partial charge in [0.25, 0.3) is 0 Å². The van der Waals surface area contributed by atoms with E-state index >= 15 is 0 Å². The highest BCUT2D eigenvalue weighted by atomic mass is 16.3. The Kier molecular flexibility index (Phi) is 16.9. The molecule has 0 rings (SSSR count). The predicted octanol–water partition coefficient (Wildman–Crippen LogP) is -0.880. The van der Waals surface area contributed by atoms with Gasteiger partial charge < -0.3 is 31.3 Å². The first-order chi connectivity index (χ1) is 14.7. The van der Waals surface area contributed by atoms with E-state index in [0.29, 0.717) is 58.5 Å². The number of hydrogen-bond acceptors (Lipinski definition) is 7. The number of hydrogen-bond donors (Lipinski definition) is 6. The van der Waals surface area contributed by atoms with Gasteiger partial charge in [0.1, 0.15) is 0 Å². The maximum absolute atomic E-state index is 11.8. The third kappa shape index (κ3) is 16.6. The highest BCUT2D eigenvalue weighted by Gasteiger charge is 2.13. The number of rotatable bonds is 18. The van der Waals surface area contributed by atoms with E-state index in [4.69, 9.17) is 0 Å². The van der Waals surface area contributed by atoms with Crippen molar-refractivity contribution in [3.8, 4) is 0 Å². The van der Waals surface area contributed by atoms with E-state index in [9.17, 15) is 29.7 Å². The summed E-state index contributed by atoms with van der Waals surface area (Å²) in [4.78, 5) is 37.4. The Balaban J connectivity index is 4.44. The van der Waals surface area contributed by atoms with Crippen molar-refractivity contribution in [2.45, 2.75) is 77.6 Å². The summed E-state index contributed by atoms with van der Waals surface area (Å²) in [6.45, 7) is 8.07. The van der Waals surface area contributed by atoms with Crippen LogP contribution in [0.1, 0.15) is 59.3 Å². The number of carbonyl (C=O) groups excluding carboxylic acids is 3. The molecule has 10 heteroatoms. The third-order valence-corrected chi connectivity index (χ3v) is 4.93. The SMILES string of the molecule is CCC(O)CC(=O)NCCN(CCNC(=O)CC(O)CC)CCNC(=O)CC(O)CC. The first-order valence-corrected chi connectivity index (χ1v) is 11.3. The van der Waals surface area contributed by atoms with Crippen LogP contribution in [0.15, 0.2) is 0 Å². The molecule has 0 aliphatic heterocycles. The minimum absolute atomic E-state index is 0.0577. The van der Waals surface area contributed by atoms with Crippen LogP contribution in [-0.2, 0) is 14.4 Å². The second-order valence-electron chi connectivity index (χ2n) is 7.69. The normalized spacial score (nSPS) is 14.0. The standard InChI is InChI=1S/C21H42N4O6/c1-4-16(26)13-19(29)22-7-10-25(11-8-23-20(30)14-17(27)5-2)12-9-24-21(31)15-18(28)6-3/h16-18,26-28H,4-15H2,1-3H3,(H,22,29)(H,23,30)(H,24,31). The van der Waals surface area contributed by atoms with Gasteiger partial charge in [0, 0.05) is 39.3 Å². The Morgan fingerprint density at radius 3 is 1.10 bits per heavy atom. The Bertz CT molecular complexity index is 449. The van der Waals surface area contributed by atoms with Gasteiger partial charge >= 0.3 is 0 Å². The van der Waals surface area contributed by atoms with Crippen LogP contribution in [0.25, 0.3) is 0 Å². The van der Waals surface area contributed by atoms with Crippen molar-refractivity contribution in [3.63, 3.8) is 0 Å². The molecule has 10 nitrogen and oxygen atoms in total. The summed E-state index contributed by atoms with van der Waals surface area (Å²) < 4.78 is 0. The van der Waals surface area contributed by atoms with E-state index in [1.54, 1.807) is 20.8 Å². The lowest BCUT2D eigenvalue weighted by atomic mass is 10.2. The molecule has 0 aromatic rings. The van der Waals surface area contributed by atoms with E-state index in [1.807, 2.05) is 4.90 Å². The maximum Gasteiger partial charge on any atom is 0.222 e. The molecule has 0 fully saturated rings. The molecule has 0 aromatic heterocycles. The molecule has 0 aliphatic rings. The lowest BCUT2D eigenvalue weighted by Crippen LogP contribution is -2.43. The topological polar surface area (TPSA) is 151 Å². The van der Waals surface area contributed by atoms with E-state index in [0.717, 1.165) is 0 Å². The molecule has 0 saturated heterocycles. The summed E-state index contributed by atoms with van der Waals surface area (Å²) in [5, 5.41) is 36.9. The average molecular weight is 447 g/mol. The molecule has 0 aromatic carbocycles. The molecule has 31 heavy (non-hydrogen) atoms. The lowest BCUT2D eigenvalue weighted by Gasteiger charge is -2.23. The molecule has 0 aliphatic carbocycles. The summed E-state index contributed by atoms with van der Waals surface area (Å²) in [5.74, 6) is -0.672. The number of aliphatic hydroxyl groups is 3. The Labute approximate surface area is 185 Å². The quantitative estimate of drug-likeness (QED) is 0.160. The molecule has 6 N–H and O–H groups in total. The van der Waals surface area contributed by atoms with Crippen LogP contribution in [0.2, 0.25) is 0 Å². The van der Waals surface area contributed by atoms with Gasteiger partial charge in [-0.15, -0.1) is 0 Å². The average Bonchev–Trinajstić information content (AvgIpc) is 2.72. The smallest absolute Gasteiger partial charge is 0.222 e. The van der Waals surface area contributed by atoms with Crippen LogP contribution in [0.3, 0.4) is 0 Å². The van der Waals surface area contributed by atoms with Gasteiger partial charge in [-0.3, -0.25) is 19.3 Å². The zero-order valence-electron chi connectivity index (χ0n) is 19.2. The fourth-order valence-corrected chi connectivity index (χ4v) is 2.69. The monoisotopic (exact) mass is 446 g/mol. The fraction of sp³-hybridized carbons (Fsp3) is 0.857. The van der Waals surface area contributed by atoms with Crippen molar-refractivity contribution in [3.05, 3.63) is 0 Å². The van der Waals surface area contributed by atoms with Gasteiger partial charge in [-0.1, -0.05) is 20.8 Å². The van der Waals surface area contributed by atoms with Gasteiger partial charge in [0.05, 0.1) is 37.6 Å². The van der Waals surface area contributed by atoms with E-state index in [1.165, 1.54) is 0 Å². The molecule has 0 saturated carbocycles. The van der Waals surface area contributed by atoms with Gasteiger partial charge in [-0.05, 0) is 19.3 Å². The maximum atomic E-state index is 11.8. The van der Waals surface area contributed by atoms with E-state index in [2.05, 4.69) is 16.0 Å². The highest BCUT2D eigenvalue weighted by Crippen LogP contribution is 1.98. The Morgan fingerprint density at radius 1 is 0.613 bits per heavy atom. The zero-order valence-corrected chi connectivity index (χ0v) is 19.2. The Hall–Kier alpha value is -1.75. The van der Waals surface area contributed by atoms with Crippen LogP contribution in [0, 0.1) is 0 Å². The molecule has 0 spiro atoms. The first-order valence-electron chi connectivity index (χ1n) is 11.3. The molecule has 0 radical (unpaired) electrons. The summed E-state index contributed by atoms with van der Waals surface area (Å²) in [6, 6.07) is 0. The molecule has 182 valence electrons. The number of nitrogens with zero attached hydrogens (tertiary/aromatic N) is 1. The van der Waals surface area contributed by atoms with Crippen LogP contribution < -0.4 is 16.0 Å². The molecular weight excluding hydrogens is 404 g/mol. The summed E-state index contributed by atoms with van der Waals surface area (Å²) in [7, 11) is 0. The second kappa shape index (κ2) is 17.9. The van der Waals surface area contributed by atoms with Crippen LogP contribution in [0.5, 0.6) is 0 Å². The molecular formula is C21H42N4O6. The minimum Gasteiger partial charge on any atom is -0.393 e. The second-order valence-corrected chi connectivity index (χ2v) is 7.69. The van der Waals surface area contributed by atoms with Crippen LogP contribution in [0.4, 0.5) is 0 Å². The summed E-state index contributed by atoms with van der Waals surface area (Å²) in [5.41, 5.74) is 0. The van der Waals surface area contributed by atoms with Crippen LogP contribution in [-0.4, -0.2) is 95.5 Å². The predicted molar refractivity (Wildman–Crippen MR) is 118 cm³/mol. The minimum atomic E-state index is -0.654. The summed E-state index contributed by atoms with van der Waals surface area (Å²) in [6.07, 6.45) is -0.253. The molecule has 3 unspecified atom stereocenters. The van der Waals surface area contributed by atoms with Crippen molar-refractivity contribution < 1.29 is 29.7 Å². The highest BCUT2D eigenvalue weighted by molar-refractivity contribution is 5.77. The fourth-order valence-electron chi connectivity index (χ4n) is 2.69.